The molecule has 1 aromatic carbocycles. The summed E-state index contributed by atoms with van der Waals surface area (Å²) in [6.45, 7) is 0.620. The summed E-state index contributed by atoms with van der Waals surface area (Å²) >= 11 is 3.42. The summed E-state index contributed by atoms with van der Waals surface area (Å²) in [5, 5.41) is 7.80. The van der Waals surface area contributed by atoms with Crippen LogP contribution in [0.1, 0.15) is 11.6 Å². The van der Waals surface area contributed by atoms with Crippen molar-refractivity contribution in [3.63, 3.8) is 0 Å². The summed E-state index contributed by atoms with van der Waals surface area (Å²) in [5.41, 5.74) is 1.16. The molecule has 0 fully saturated rings. The van der Waals surface area contributed by atoms with Crippen LogP contribution >= 0.6 is 15.9 Å². The van der Waals surface area contributed by atoms with Crippen LogP contribution in [-0.2, 0) is 0 Å². The zero-order valence-electron chi connectivity index (χ0n) is 7.80. The number of aromatic nitrogens is 3. The Hall–Kier alpha value is -1.36. The zero-order valence-corrected chi connectivity index (χ0v) is 9.39. The highest BCUT2D eigenvalue weighted by molar-refractivity contribution is 9.10. The van der Waals surface area contributed by atoms with E-state index in [0.29, 0.717) is 6.61 Å². The third-order valence-electron chi connectivity index (χ3n) is 2.49. The van der Waals surface area contributed by atoms with E-state index in [2.05, 4.69) is 32.3 Å². The molecule has 0 spiro atoms. The average molecular weight is 266 g/mol. The van der Waals surface area contributed by atoms with Crippen LogP contribution in [0, 0.1) is 0 Å². The Kier molecular flexibility index (Phi) is 1.98. The monoisotopic (exact) mass is 265 g/mol. The van der Waals surface area contributed by atoms with E-state index in [1.54, 1.807) is 6.20 Å². The maximum Gasteiger partial charge on any atom is 0.126 e. The van der Waals surface area contributed by atoms with E-state index < -0.39 is 0 Å². The minimum atomic E-state index is 0.149. The average Bonchev–Trinajstić information content (AvgIpc) is 2.82. The summed E-state index contributed by atoms with van der Waals surface area (Å²) in [4.78, 5) is 0. The molecule has 1 atom stereocenters. The molecule has 1 aromatic heterocycles. The van der Waals surface area contributed by atoms with Gasteiger partial charge in [0.2, 0.25) is 0 Å². The normalized spacial score (nSPS) is 18.6. The second-order valence-electron chi connectivity index (χ2n) is 3.39. The van der Waals surface area contributed by atoms with Crippen molar-refractivity contribution in [2.24, 2.45) is 0 Å². The Morgan fingerprint density at radius 2 is 2.40 bits per heavy atom. The second-order valence-corrected chi connectivity index (χ2v) is 4.31. The summed E-state index contributed by atoms with van der Waals surface area (Å²) in [6, 6.07) is 6.19. The highest BCUT2D eigenvalue weighted by Crippen LogP contribution is 2.36. The number of hydrogen-bond donors (Lipinski definition) is 0. The molecule has 0 unspecified atom stereocenters. The maximum atomic E-state index is 5.60. The van der Waals surface area contributed by atoms with Crippen molar-refractivity contribution in [3.05, 3.63) is 40.6 Å². The number of ether oxygens (including phenoxy) is 1. The van der Waals surface area contributed by atoms with E-state index >= 15 is 0 Å². The maximum absolute atomic E-state index is 5.60. The lowest BCUT2D eigenvalue weighted by molar-refractivity contribution is 0.306. The first-order valence-corrected chi connectivity index (χ1v) is 5.42. The molecule has 2 heterocycles. The van der Waals surface area contributed by atoms with E-state index in [4.69, 9.17) is 4.74 Å². The van der Waals surface area contributed by atoms with Gasteiger partial charge in [0, 0.05) is 16.2 Å². The first-order chi connectivity index (χ1) is 7.34. The fourth-order valence-electron chi connectivity index (χ4n) is 1.77. The molecule has 2 aromatic rings. The topological polar surface area (TPSA) is 39.9 Å². The molecule has 3 rings (SSSR count). The van der Waals surface area contributed by atoms with Gasteiger partial charge in [0.05, 0.1) is 6.20 Å². The molecular weight excluding hydrogens is 258 g/mol. The standard InChI is InChI=1S/C10H8BrN3O/c11-7-1-2-8-9(6-15-10(8)5-7)14-4-3-12-13-14/h1-5,9H,6H2/t9-/m0/s1. The van der Waals surface area contributed by atoms with E-state index in [0.717, 1.165) is 15.8 Å². The van der Waals surface area contributed by atoms with Crippen molar-refractivity contribution in [3.8, 4) is 5.75 Å². The van der Waals surface area contributed by atoms with Gasteiger partial charge in [-0.25, -0.2) is 4.68 Å². The fraction of sp³-hybridized carbons (Fsp3) is 0.200. The zero-order chi connectivity index (χ0) is 10.3. The van der Waals surface area contributed by atoms with Crippen LogP contribution in [0.15, 0.2) is 35.1 Å². The molecule has 5 heteroatoms. The van der Waals surface area contributed by atoms with Crippen molar-refractivity contribution in [1.82, 2.24) is 15.0 Å². The lowest BCUT2D eigenvalue weighted by atomic mass is 10.1. The van der Waals surface area contributed by atoms with Gasteiger partial charge >= 0.3 is 0 Å². The van der Waals surface area contributed by atoms with Gasteiger partial charge in [-0.2, -0.15) is 0 Å². The van der Waals surface area contributed by atoms with Crippen LogP contribution < -0.4 is 4.74 Å². The molecule has 0 N–H and O–H groups in total. The molecule has 0 saturated heterocycles. The minimum Gasteiger partial charge on any atom is -0.491 e. The Balaban J connectivity index is 2.05. The molecule has 0 amide bonds. The lowest BCUT2D eigenvalue weighted by Crippen LogP contribution is -2.12. The van der Waals surface area contributed by atoms with Crippen LogP contribution in [0.25, 0.3) is 0 Å². The molecule has 4 nitrogen and oxygen atoms in total. The molecule has 0 bridgehead atoms. The van der Waals surface area contributed by atoms with Gasteiger partial charge in [-0.15, -0.1) is 5.10 Å². The Bertz CT molecular complexity index is 483. The molecule has 0 aliphatic carbocycles. The SMILES string of the molecule is Brc1ccc2c(c1)OC[C@@H]2n1ccnn1. The van der Waals surface area contributed by atoms with Gasteiger partial charge in [0.15, 0.2) is 0 Å². The second kappa shape index (κ2) is 3.34. The van der Waals surface area contributed by atoms with Gasteiger partial charge in [-0.3, -0.25) is 0 Å². The van der Waals surface area contributed by atoms with Crippen molar-refractivity contribution < 1.29 is 4.74 Å². The summed E-state index contributed by atoms with van der Waals surface area (Å²) in [5.74, 6) is 0.921. The van der Waals surface area contributed by atoms with Gasteiger partial charge in [-0.05, 0) is 12.1 Å². The lowest BCUT2D eigenvalue weighted by Gasteiger charge is -2.07. The Morgan fingerprint density at radius 3 is 3.20 bits per heavy atom. The largest absolute Gasteiger partial charge is 0.491 e. The van der Waals surface area contributed by atoms with Gasteiger partial charge in [-0.1, -0.05) is 27.2 Å². The van der Waals surface area contributed by atoms with Crippen molar-refractivity contribution >= 4 is 15.9 Å². The van der Waals surface area contributed by atoms with E-state index in [1.807, 2.05) is 23.0 Å². The van der Waals surface area contributed by atoms with E-state index in [1.165, 1.54) is 0 Å². The third-order valence-corrected chi connectivity index (χ3v) is 2.98. The van der Waals surface area contributed by atoms with Gasteiger partial charge < -0.3 is 4.74 Å². The van der Waals surface area contributed by atoms with Crippen LogP contribution in [0.5, 0.6) is 5.75 Å². The highest BCUT2D eigenvalue weighted by Gasteiger charge is 2.26. The van der Waals surface area contributed by atoms with Crippen LogP contribution in [-0.4, -0.2) is 21.6 Å². The third kappa shape index (κ3) is 1.43. The summed E-state index contributed by atoms with van der Waals surface area (Å²) < 4.78 is 8.44. The quantitative estimate of drug-likeness (QED) is 0.792. The van der Waals surface area contributed by atoms with E-state index in [9.17, 15) is 0 Å². The molecule has 0 radical (unpaired) electrons. The number of halogens is 1. The molecule has 76 valence electrons. The predicted molar refractivity (Wildman–Crippen MR) is 57.8 cm³/mol. The number of nitrogens with zero attached hydrogens (tertiary/aromatic N) is 3. The van der Waals surface area contributed by atoms with Crippen LogP contribution in [0.3, 0.4) is 0 Å². The summed E-state index contributed by atoms with van der Waals surface area (Å²) in [7, 11) is 0. The van der Waals surface area contributed by atoms with Crippen molar-refractivity contribution in [1.29, 1.82) is 0 Å². The van der Waals surface area contributed by atoms with Crippen LogP contribution in [0.2, 0.25) is 0 Å². The predicted octanol–water partition coefficient (Wildman–Crippen LogP) is 2.02. The number of benzene rings is 1. The number of rotatable bonds is 1. The molecule has 1 aliphatic rings. The smallest absolute Gasteiger partial charge is 0.126 e. The van der Waals surface area contributed by atoms with E-state index in [-0.39, 0.29) is 6.04 Å². The number of hydrogen-bond acceptors (Lipinski definition) is 3. The minimum absolute atomic E-state index is 0.149. The van der Waals surface area contributed by atoms with Gasteiger partial charge in [0.25, 0.3) is 0 Å². The molecular formula is C10H8BrN3O. The first-order valence-electron chi connectivity index (χ1n) is 4.62. The number of fused-ring (bicyclic) bond motifs is 1. The Labute approximate surface area is 95.0 Å². The Morgan fingerprint density at radius 1 is 1.47 bits per heavy atom. The van der Waals surface area contributed by atoms with Crippen LogP contribution in [0.4, 0.5) is 0 Å². The molecule has 1 aliphatic heterocycles. The summed E-state index contributed by atoms with van der Waals surface area (Å²) in [6.07, 6.45) is 3.53. The van der Waals surface area contributed by atoms with Gasteiger partial charge in [0.1, 0.15) is 18.4 Å². The van der Waals surface area contributed by atoms with Crippen molar-refractivity contribution in [2.75, 3.05) is 6.61 Å². The first kappa shape index (κ1) is 8.91. The molecule has 0 saturated carbocycles. The van der Waals surface area contributed by atoms with Crippen molar-refractivity contribution in [2.45, 2.75) is 6.04 Å². The fourth-order valence-corrected chi connectivity index (χ4v) is 2.11. The molecule has 15 heavy (non-hydrogen) atoms. The highest BCUT2D eigenvalue weighted by atomic mass is 79.9.